The van der Waals surface area contributed by atoms with E-state index in [-0.39, 0.29) is 31.1 Å². The first-order valence-electron chi connectivity index (χ1n) is 14.1. The number of hydrogen-bond acceptors (Lipinski definition) is 3. The molecule has 1 amide bonds. The van der Waals surface area contributed by atoms with E-state index < -0.39 is 22.8 Å². The summed E-state index contributed by atoms with van der Waals surface area (Å²) in [5, 5.41) is 0. The second-order valence-electron chi connectivity index (χ2n) is 11.2. The van der Waals surface area contributed by atoms with Gasteiger partial charge in [-0.2, -0.15) is 13.2 Å². The molecular weight excluding hydrogens is 532 g/mol. The lowest BCUT2D eigenvalue weighted by Gasteiger charge is -2.65. The molecule has 3 aliphatic carbocycles. The van der Waals surface area contributed by atoms with Crippen LogP contribution in [-0.2, 0) is 11.0 Å². The molecule has 2 aromatic carbocycles. The Kier molecular flexibility index (Phi) is 7.95. The van der Waals surface area contributed by atoms with Gasteiger partial charge in [0.2, 0.25) is 5.91 Å². The van der Waals surface area contributed by atoms with E-state index in [0.29, 0.717) is 38.1 Å². The van der Waals surface area contributed by atoms with Crippen molar-refractivity contribution in [1.82, 2.24) is 4.98 Å². The molecule has 3 fully saturated rings. The summed E-state index contributed by atoms with van der Waals surface area (Å²) in [5.41, 5.74) is 0.676. The predicted octanol–water partition coefficient (Wildman–Crippen LogP) is 8.53. The molecule has 2 bridgehead atoms. The van der Waals surface area contributed by atoms with E-state index >= 15 is 0 Å². The van der Waals surface area contributed by atoms with Crippen molar-refractivity contribution in [3.05, 3.63) is 90.8 Å². The lowest BCUT2D eigenvalue weighted by Crippen LogP contribution is -2.70. The van der Waals surface area contributed by atoms with Crippen molar-refractivity contribution in [3.63, 3.8) is 0 Å². The van der Waals surface area contributed by atoms with E-state index in [1.54, 1.807) is 11.0 Å². The molecule has 0 N–H and O–H groups in total. The quantitative estimate of drug-likeness (QED) is 0.125. The van der Waals surface area contributed by atoms with Gasteiger partial charge in [0.25, 0.3) is 0 Å². The summed E-state index contributed by atoms with van der Waals surface area (Å²) >= 11 is 0. The van der Waals surface area contributed by atoms with Gasteiger partial charge in [0, 0.05) is 30.0 Å². The molecule has 4 nitrogen and oxygen atoms in total. The van der Waals surface area contributed by atoms with Gasteiger partial charge in [-0.05, 0) is 86.6 Å². The molecule has 1 heterocycles. The van der Waals surface area contributed by atoms with Crippen molar-refractivity contribution in [2.75, 3.05) is 18.1 Å². The van der Waals surface area contributed by atoms with Gasteiger partial charge in [0.1, 0.15) is 11.4 Å². The smallest absolute Gasteiger partial charge is 0.417 e. The molecule has 1 aromatic heterocycles. The standard InChI is InChI=1S/C33H34F4N2O2/c1-3-23(29-16-13-26(19-38-29)33(35,36)37)8-5-6-17-39(30(40)31-20-32(34,21-31)22-31)27-10-7-9-25(18-27)24-11-14-28(15-12-24)41-4-2/h3,7,9-16,18-19,23H,1,4-6,8,17,20-22H2,2H3. The number of allylic oxidation sites excluding steroid dienone is 1. The molecule has 0 spiro atoms. The minimum atomic E-state index is -4.43. The lowest BCUT2D eigenvalue weighted by molar-refractivity contribution is -0.211. The van der Waals surface area contributed by atoms with Crippen LogP contribution in [0.2, 0.25) is 0 Å². The van der Waals surface area contributed by atoms with E-state index in [2.05, 4.69) is 11.6 Å². The van der Waals surface area contributed by atoms with Crippen LogP contribution in [0.5, 0.6) is 5.75 Å². The number of benzene rings is 2. The topological polar surface area (TPSA) is 42.4 Å². The molecule has 1 unspecified atom stereocenters. The monoisotopic (exact) mass is 566 g/mol. The zero-order valence-corrected chi connectivity index (χ0v) is 23.1. The Morgan fingerprint density at radius 2 is 1.80 bits per heavy atom. The number of aromatic nitrogens is 1. The Balaban J connectivity index is 1.28. The highest BCUT2D eigenvalue weighted by molar-refractivity contribution is 6.00. The van der Waals surface area contributed by atoms with Gasteiger partial charge in [0.15, 0.2) is 0 Å². The average molecular weight is 567 g/mol. The number of amides is 1. The van der Waals surface area contributed by atoms with Crippen LogP contribution < -0.4 is 9.64 Å². The molecule has 41 heavy (non-hydrogen) atoms. The van der Waals surface area contributed by atoms with E-state index in [0.717, 1.165) is 34.8 Å². The number of rotatable bonds is 12. The number of alkyl halides is 4. The second-order valence-corrected chi connectivity index (χ2v) is 11.2. The van der Waals surface area contributed by atoms with Crippen LogP contribution in [0, 0.1) is 5.41 Å². The molecule has 216 valence electrons. The fourth-order valence-corrected chi connectivity index (χ4v) is 6.10. The van der Waals surface area contributed by atoms with Crippen LogP contribution in [-0.4, -0.2) is 29.7 Å². The second kappa shape index (κ2) is 11.3. The fraction of sp³-hybridized carbons (Fsp3) is 0.394. The third-order valence-corrected chi connectivity index (χ3v) is 8.25. The number of hydrogen-bond donors (Lipinski definition) is 0. The van der Waals surface area contributed by atoms with Crippen molar-refractivity contribution in [2.45, 2.75) is 63.2 Å². The van der Waals surface area contributed by atoms with Crippen molar-refractivity contribution in [2.24, 2.45) is 5.41 Å². The van der Waals surface area contributed by atoms with E-state index in [1.165, 1.54) is 6.07 Å². The highest BCUT2D eigenvalue weighted by atomic mass is 19.4. The largest absolute Gasteiger partial charge is 0.494 e. The highest BCUT2D eigenvalue weighted by Crippen LogP contribution is 2.70. The normalized spacial score (nSPS) is 21.8. The first kappa shape index (κ1) is 28.8. The van der Waals surface area contributed by atoms with Gasteiger partial charge in [-0.15, -0.1) is 6.58 Å². The van der Waals surface area contributed by atoms with Crippen molar-refractivity contribution in [1.29, 1.82) is 0 Å². The number of pyridine rings is 1. The van der Waals surface area contributed by atoms with Crippen LogP contribution in [0.15, 0.2) is 79.5 Å². The van der Waals surface area contributed by atoms with Gasteiger partial charge < -0.3 is 9.64 Å². The van der Waals surface area contributed by atoms with Gasteiger partial charge in [-0.1, -0.05) is 36.8 Å². The molecule has 3 aliphatic rings. The maximum absolute atomic E-state index is 14.3. The number of anilines is 1. The van der Waals surface area contributed by atoms with Crippen molar-refractivity contribution in [3.8, 4) is 16.9 Å². The number of carbonyl (C=O) groups is 1. The zero-order valence-electron chi connectivity index (χ0n) is 23.1. The van der Waals surface area contributed by atoms with Gasteiger partial charge in [-0.3, -0.25) is 9.78 Å². The maximum Gasteiger partial charge on any atom is 0.417 e. The van der Waals surface area contributed by atoms with Crippen LogP contribution in [0.25, 0.3) is 11.1 Å². The van der Waals surface area contributed by atoms with Gasteiger partial charge in [-0.25, -0.2) is 4.39 Å². The molecule has 6 rings (SSSR count). The first-order chi connectivity index (χ1) is 19.6. The number of carbonyl (C=O) groups excluding carboxylic acids is 1. The van der Waals surface area contributed by atoms with Crippen molar-refractivity contribution >= 4 is 11.6 Å². The molecule has 0 radical (unpaired) electrons. The molecular formula is C33H34F4N2O2. The van der Waals surface area contributed by atoms with E-state index in [9.17, 15) is 22.4 Å². The van der Waals surface area contributed by atoms with Crippen LogP contribution >= 0.6 is 0 Å². The maximum atomic E-state index is 14.3. The first-order valence-corrected chi connectivity index (χ1v) is 14.1. The van der Waals surface area contributed by atoms with Crippen molar-refractivity contribution < 1.29 is 27.1 Å². The SMILES string of the molecule is C=CC(CCCCN(C(=O)C12CC(F)(C1)C2)c1cccc(-c2ccc(OCC)cc2)c1)c1ccc(C(F)(F)F)cn1. The summed E-state index contributed by atoms with van der Waals surface area (Å²) in [5.74, 6) is 0.552. The molecule has 8 heteroatoms. The summed E-state index contributed by atoms with van der Waals surface area (Å²) in [6.07, 6.45) is 0.978. The summed E-state index contributed by atoms with van der Waals surface area (Å²) in [4.78, 5) is 19.5. The molecule has 1 atom stereocenters. The molecule has 0 aliphatic heterocycles. The van der Waals surface area contributed by atoms with E-state index in [1.807, 2.05) is 55.5 Å². The minimum absolute atomic E-state index is 0.0365. The Hall–Kier alpha value is -3.68. The lowest BCUT2D eigenvalue weighted by atomic mass is 9.42. The van der Waals surface area contributed by atoms with Gasteiger partial charge >= 0.3 is 6.18 Å². The fourth-order valence-electron chi connectivity index (χ4n) is 6.10. The number of ether oxygens (including phenoxy) is 1. The average Bonchev–Trinajstić information content (AvgIpc) is 2.93. The number of halogens is 4. The summed E-state index contributed by atoms with van der Waals surface area (Å²) < 4.78 is 58.6. The molecule has 3 aromatic rings. The number of unbranched alkanes of at least 4 members (excludes halogenated alkanes) is 1. The Labute approximate surface area is 238 Å². The molecule has 3 saturated carbocycles. The summed E-state index contributed by atoms with van der Waals surface area (Å²) in [6, 6.07) is 18.0. The summed E-state index contributed by atoms with van der Waals surface area (Å²) in [7, 11) is 0. The predicted molar refractivity (Wildman–Crippen MR) is 152 cm³/mol. The zero-order chi connectivity index (χ0) is 29.3. The third kappa shape index (κ3) is 6.02. The van der Waals surface area contributed by atoms with Crippen LogP contribution in [0.3, 0.4) is 0 Å². The Morgan fingerprint density at radius 1 is 1.07 bits per heavy atom. The van der Waals surface area contributed by atoms with Crippen LogP contribution in [0.4, 0.5) is 23.2 Å². The third-order valence-electron chi connectivity index (χ3n) is 8.25. The van der Waals surface area contributed by atoms with Crippen LogP contribution in [0.1, 0.15) is 62.6 Å². The number of nitrogens with zero attached hydrogens (tertiary/aromatic N) is 2. The Bertz CT molecular complexity index is 1370. The van der Waals surface area contributed by atoms with Gasteiger partial charge in [0.05, 0.1) is 17.6 Å². The summed E-state index contributed by atoms with van der Waals surface area (Å²) in [6.45, 7) is 6.82. The molecule has 0 saturated heterocycles. The minimum Gasteiger partial charge on any atom is -0.494 e. The highest BCUT2D eigenvalue weighted by Gasteiger charge is 2.73. The van der Waals surface area contributed by atoms with E-state index in [4.69, 9.17) is 4.74 Å². The Morgan fingerprint density at radius 3 is 2.39 bits per heavy atom.